The van der Waals surface area contributed by atoms with Crippen LogP contribution in [0.1, 0.15) is 58.3 Å². The normalized spacial score (nSPS) is 29.1. The fraction of sp³-hybridized carbons (Fsp3) is 1.00. The van der Waals surface area contributed by atoms with Gasteiger partial charge in [0.1, 0.15) is 0 Å². The van der Waals surface area contributed by atoms with Crippen molar-refractivity contribution in [3.8, 4) is 0 Å². The molecule has 0 saturated heterocycles. The highest BCUT2D eigenvalue weighted by Gasteiger charge is 2.39. The van der Waals surface area contributed by atoms with Gasteiger partial charge < -0.3 is 5.73 Å². The van der Waals surface area contributed by atoms with Crippen LogP contribution < -0.4 is 5.73 Å². The molecule has 0 bridgehead atoms. The predicted molar refractivity (Wildman–Crippen MR) is 56.5 cm³/mol. The summed E-state index contributed by atoms with van der Waals surface area (Å²) in [6.45, 7) is 2.33. The SMILES string of the molecule is CCC1(C(N)CC2CC2)CCCC1. The van der Waals surface area contributed by atoms with Crippen molar-refractivity contribution < 1.29 is 0 Å². The molecule has 2 fully saturated rings. The van der Waals surface area contributed by atoms with Crippen LogP contribution in [0.3, 0.4) is 0 Å². The third kappa shape index (κ3) is 1.90. The van der Waals surface area contributed by atoms with E-state index in [0.29, 0.717) is 11.5 Å². The Hall–Kier alpha value is -0.0400. The molecule has 76 valence electrons. The van der Waals surface area contributed by atoms with Crippen LogP contribution in [0.25, 0.3) is 0 Å². The Morgan fingerprint density at radius 2 is 1.92 bits per heavy atom. The van der Waals surface area contributed by atoms with Gasteiger partial charge in [0.05, 0.1) is 0 Å². The average molecular weight is 181 g/mol. The van der Waals surface area contributed by atoms with Crippen molar-refractivity contribution in [1.82, 2.24) is 0 Å². The zero-order valence-electron chi connectivity index (χ0n) is 8.89. The molecule has 0 aliphatic heterocycles. The molecule has 0 heterocycles. The Balaban J connectivity index is 1.92. The summed E-state index contributed by atoms with van der Waals surface area (Å²) >= 11 is 0. The fourth-order valence-electron chi connectivity index (χ4n) is 3.03. The molecular weight excluding hydrogens is 158 g/mol. The van der Waals surface area contributed by atoms with E-state index >= 15 is 0 Å². The molecule has 0 radical (unpaired) electrons. The van der Waals surface area contributed by atoms with Gasteiger partial charge in [-0.1, -0.05) is 32.6 Å². The largest absolute Gasteiger partial charge is 0.327 e. The summed E-state index contributed by atoms with van der Waals surface area (Å²) in [7, 11) is 0. The molecule has 1 nitrogen and oxygen atoms in total. The summed E-state index contributed by atoms with van der Waals surface area (Å²) in [6, 6.07) is 0.507. The van der Waals surface area contributed by atoms with Gasteiger partial charge in [-0.3, -0.25) is 0 Å². The van der Waals surface area contributed by atoms with Crippen molar-refractivity contribution in [2.75, 3.05) is 0 Å². The molecule has 1 unspecified atom stereocenters. The van der Waals surface area contributed by atoms with E-state index in [0.717, 1.165) is 5.92 Å². The Labute approximate surface area is 82.1 Å². The van der Waals surface area contributed by atoms with Gasteiger partial charge in [0.25, 0.3) is 0 Å². The third-order valence-electron chi connectivity index (χ3n) is 4.37. The number of hydrogen-bond acceptors (Lipinski definition) is 1. The summed E-state index contributed by atoms with van der Waals surface area (Å²) in [5.41, 5.74) is 6.91. The molecular formula is C12H23N. The molecule has 2 aliphatic carbocycles. The first-order valence-electron chi connectivity index (χ1n) is 6.02. The van der Waals surface area contributed by atoms with Gasteiger partial charge in [-0.2, -0.15) is 0 Å². The maximum absolute atomic E-state index is 6.37. The van der Waals surface area contributed by atoms with Gasteiger partial charge in [0, 0.05) is 6.04 Å². The highest BCUT2D eigenvalue weighted by atomic mass is 14.7. The lowest BCUT2D eigenvalue weighted by Gasteiger charge is -2.34. The minimum Gasteiger partial charge on any atom is -0.327 e. The molecule has 1 heteroatoms. The van der Waals surface area contributed by atoms with Crippen molar-refractivity contribution in [3.63, 3.8) is 0 Å². The van der Waals surface area contributed by atoms with Crippen molar-refractivity contribution in [2.24, 2.45) is 17.1 Å². The minimum atomic E-state index is 0.507. The molecule has 0 amide bonds. The van der Waals surface area contributed by atoms with E-state index in [1.807, 2.05) is 0 Å². The van der Waals surface area contributed by atoms with E-state index in [1.165, 1.54) is 51.4 Å². The van der Waals surface area contributed by atoms with Gasteiger partial charge in [-0.25, -0.2) is 0 Å². The fourth-order valence-corrected chi connectivity index (χ4v) is 3.03. The van der Waals surface area contributed by atoms with Crippen LogP contribution in [-0.2, 0) is 0 Å². The Kier molecular flexibility index (Phi) is 2.64. The Bertz CT molecular complexity index is 166. The molecule has 2 N–H and O–H groups in total. The quantitative estimate of drug-likeness (QED) is 0.708. The number of hydrogen-bond donors (Lipinski definition) is 1. The second kappa shape index (κ2) is 3.61. The van der Waals surface area contributed by atoms with Crippen LogP contribution >= 0.6 is 0 Å². The zero-order valence-corrected chi connectivity index (χ0v) is 8.89. The van der Waals surface area contributed by atoms with Gasteiger partial charge >= 0.3 is 0 Å². The summed E-state index contributed by atoms with van der Waals surface area (Å²) in [5, 5.41) is 0. The van der Waals surface area contributed by atoms with E-state index < -0.39 is 0 Å². The predicted octanol–water partition coefficient (Wildman–Crippen LogP) is 3.08. The van der Waals surface area contributed by atoms with Crippen molar-refractivity contribution in [3.05, 3.63) is 0 Å². The molecule has 13 heavy (non-hydrogen) atoms. The molecule has 2 rings (SSSR count). The van der Waals surface area contributed by atoms with Gasteiger partial charge in [0.15, 0.2) is 0 Å². The van der Waals surface area contributed by atoms with Crippen LogP contribution in [-0.4, -0.2) is 6.04 Å². The first-order valence-corrected chi connectivity index (χ1v) is 6.02. The number of nitrogens with two attached hydrogens (primary N) is 1. The smallest absolute Gasteiger partial charge is 0.00980 e. The standard InChI is InChI=1S/C12H23N/c1-2-12(7-3-4-8-12)11(13)9-10-5-6-10/h10-11H,2-9,13H2,1H3. The highest BCUT2D eigenvalue weighted by molar-refractivity contribution is 4.94. The van der Waals surface area contributed by atoms with E-state index in [1.54, 1.807) is 0 Å². The molecule has 0 aromatic carbocycles. The first-order chi connectivity index (χ1) is 6.27. The van der Waals surface area contributed by atoms with E-state index in [2.05, 4.69) is 6.92 Å². The lowest BCUT2D eigenvalue weighted by molar-refractivity contribution is 0.205. The van der Waals surface area contributed by atoms with Gasteiger partial charge in [0.2, 0.25) is 0 Å². The van der Waals surface area contributed by atoms with Gasteiger partial charge in [-0.05, 0) is 37.0 Å². The maximum Gasteiger partial charge on any atom is 0.00980 e. The second-order valence-corrected chi connectivity index (χ2v) is 5.21. The molecule has 0 aromatic rings. The molecule has 2 saturated carbocycles. The first kappa shape index (κ1) is 9.51. The molecule has 0 spiro atoms. The summed E-state index contributed by atoms with van der Waals surface area (Å²) in [6.07, 6.45) is 11.2. The average Bonchev–Trinajstić information content (AvgIpc) is 2.83. The summed E-state index contributed by atoms with van der Waals surface area (Å²) in [5.74, 6) is 0.999. The van der Waals surface area contributed by atoms with Gasteiger partial charge in [-0.15, -0.1) is 0 Å². The van der Waals surface area contributed by atoms with Crippen LogP contribution in [0.15, 0.2) is 0 Å². The van der Waals surface area contributed by atoms with Crippen molar-refractivity contribution in [2.45, 2.75) is 64.3 Å². The van der Waals surface area contributed by atoms with E-state index in [-0.39, 0.29) is 0 Å². The zero-order chi connectivity index (χ0) is 9.31. The van der Waals surface area contributed by atoms with Crippen LogP contribution in [0.4, 0.5) is 0 Å². The van der Waals surface area contributed by atoms with Crippen LogP contribution in [0.5, 0.6) is 0 Å². The summed E-state index contributed by atoms with van der Waals surface area (Å²) < 4.78 is 0. The Morgan fingerprint density at radius 1 is 1.31 bits per heavy atom. The van der Waals surface area contributed by atoms with Crippen molar-refractivity contribution >= 4 is 0 Å². The molecule has 1 atom stereocenters. The number of rotatable bonds is 4. The van der Waals surface area contributed by atoms with E-state index in [9.17, 15) is 0 Å². The topological polar surface area (TPSA) is 26.0 Å². The van der Waals surface area contributed by atoms with Crippen molar-refractivity contribution in [1.29, 1.82) is 0 Å². The lowest BCUT2D eigenvalue weighted by atomic mass is 9.75. The van der Waals surface area contributed by atoms with Crippen LogP contribution in [0.2, 0.25) is 0 Å². The summed E-state index contributed by atoms with van der Waals surface area (Å²) in [4.78, 5) is 0. The third-order valence-corrected chi connectivity index (χ3v) is 4.37. The van der Waals surface area contributed by atoms with Crippen LogP contribution in [0, 0.1) is 11.3 Å². The Morgan fingerprint density at radius 3 is 2.38 bits per heavy atom. The minimum absolute atomic E-state index is 0.507. The lowest BCUT2D eigenvalue weighted by Crippen LogP contribution is -2.39. The molecule has 2 aliphatic rings. The monoisotopic (exact) mass is 181 g/mol. The van der Waals surface area contributed by atoms with E-state index in [4.69, 9.17) is 5.73 Å². The molecule has 0 aromatic heterocycles. The second-order valence-electron chi connectivity index (χ2n) is 5.21. The highest BCUT2D eigenvalue weighted by Crippen LogP contribution is 2.47. The maximum atomic E-state index is 6.37.